The van der Waals surface area contributed by atoms with Crippen LogP contribution in [0.1, 0.15) is 44.7 Å². The van der Waals surface area contributed by atoms with Gasteiger partial charge in [-0.2, -0.15) is 0 Å². The van der Waals surface area contributed by atoms with Crippen molar-refractivity contribution in [2.24, 2.45) is 22.9 Å². The molecule has 0 radical (unpaired) electrons. The molecule has 8 heteroatoms. The molecule has 0 unspecified atom stereocenters. The van der Waals surface area contributed by atoms with Crippen LogP contribution in [-0.4, -0.2) is 24.9 Å². The summed E-state index contributed by atoms with van der Waals surface area (Å²) < 4.78 is 0. The molecule has 0 aliphatic rings. The lowest BCUT2D eigenvalue weighted by Crippen LogP contribution is -2.13. The highest BCUT2D eigenvalue weighted by Gasteiger charge is 2.14. The van der Waals surface area contributed by atoms with Gasteiger partial charge in [0.1, 0.15) is 0 Å². The normalized spacial score (nSPS) is 10.8. The van der Waals surface area contributed by atoms with Crippen molar-refractivity contribution in [3.8, 4) is 0 Å². The van der Waals surface area contributed by atoms with E-state index in [9.17, 15) is 9.59 Å². The Labute approximate surface area is 173 Å². The minimum atomic E-state index is -0.486. The van der Waals surface area contributed by atoms with E-state index in [1.807, 2.05) is 24.3 Å². The van der Waals surface area contributed by atoms with Crippen molar-refractivity contribution in [1.82, 2.24) is 0 Å². The topological polar surface area (TPSA) is 138 Å². The SMILES string of the molecule is NCCCc1ccc(C(N)=O)c(SSc2cc(CCCN)ccc2C(N)=O)c1. The third-order valence-electron chi connectivity index (χ3n) is 4.18. The molecule has 2 amide bonds. The van der Waals surface area contributed by atoms with Gasteiger partial charge in [0.05, 0.1) is 11.1 Å². The first kappa shape index (κ1) is 22.3. The molecule has 0 aromatic heterocycles. The summed E-state index contributed by atoms with van der Waals surface area (Å²) in [5, 5.41) is 0. The van der Waals surface area contributed by atoms with Gasteiger partial charge in [0.2, 0.25) is 11.8 Å². The fourth-order valence-electron chi connectivity index (χ4n) is 2.69. The molecule has 2 aromatic rings. The van der Waals surface area contributed by atoms with Gasteiger partial charge in [-0.25, -0.2) is 0 Å². The highest BCUT2D eigenvalue weighted by Crippen LogP contribution is 2.41. The molecule has 0 atom stereocenters. The molecule has 0 fully saturated rings. The lowest BCUT2D eigenvalue weighted by atomic mass is 10.1. The number of carbonyl (C=O) groups is 2. The monoisotopic (exact) mass is 418 g/mol. The number of hydrogen-bond donors (Lipinski definition) is 4. The fraction of sp³-hybridized carbons (Fsp3) is 0.300. The van der Waals surface area contributed by atoms with Gasteiger partial charge in [-0.15, -0.1) is 0 Å². The van der Waals surface area contributed by atoms with Crippen LogP contribution in [0.25, 0.3) is 0 Å². The predicted octanol–water partition coefficient (Wildman–Crippen LogP) is 2.47. The zero-order valence-corrected chi connectivity index (χ0v) is 17.3. The van der Waals surface area contributed by atoms with Crippen molar-refractivity contribution < 1.29 is 9.59 Å². The van der Waals surface area contributed by atoms with Crippen LogP contribution in [0.2, 0.25) is 0 Å². The Morgan fingerprint density at radius 1 is 0.714 bits per heavy atom. The molecule has 2 aromatic carbocycles. The molecule has 0 bridgehead atoms. The Bertz CT molecular complexity index is 773. The van der Waals surface area contributed by atoms with E-state index in [0.717, 1.165) is 46.6 Å². The summed E-state index contributed by atoms with van der Waals surface area (Å²) in [6.07, 6.45) is 3.38. The molecule has 0 saturated carbocycles. The number of nitrogens with two attached hydrogens (primary N) is 4. The number of benzene rings is 2. The average Bonchev–Trinajstić information content (AvgIpc) is 2.68. The lowest BCUT2D eigenvalue weighted by Gasteiger charge is -2.11. The van der Waals surface area contributed by atoms with Gasteiger partial charge < -0.3 is 22.9 Å². The largest absolute Gasteiger partial charge is 0.366 e. The van der Waals surface area contributed by atoms with Crippen LogP contribution < -0.4 is 22.9 Å². The van der Waals surface area contributed by atoms with Crippen LogP contribution in [0, 0.1) is 0 Å². The van der Waals surface area contributed by atoms with E-state index in [2.05, 4.69) is 0 Å². The summed E-state index contributed by atoms with van der Waals surface area (Å²) in [7, 11) is 2.78. The number of primary amides is 2. The van der Waals surface area contributed by atoms with Crippen molar-refractivity contribution in [2.75, 3.05) is 13.1 Å². The fourth-order valence-corrected chi connectivity index (χ4v) is 5.15. The predicted molar refractivity (Wildman–Crippen MR) is 116 cm³/mol. The molecule has 0 spiro atoms. The van der Waals surface area contributed by atoms with E-state index in [1.165, 1.54) is 21.6 Å². The van der Waals surface area contributed by atoms with Gasteiger partial charge in [-0.05, 0) is 74.2 Å². The van der Waals surface area contributed by atoms with E-state index in [-0.39, 0.29) is 0 Å². The highest BCUT2D eigenvalue weighted by atomic mass is 33.1. The van der Waals surface area contributed by atoms with Crippen LogP contribution in [-0.2, 0) is 12.8 Å². The van der Waals surface area contributed by atoms with Gasteiger partial charge in [-0.3, -0.25) is 9.59 Å². The third-order valence-corrected chi connectivity index (χ3v) is 6.63. The summed E-state index contributed by atoms with van der Waals surface area (Å²) in [6, 6.07) is 11.2. The molecule has 0 aliphatic heterocycles. The summed E-state index contributed by atoms with van der Waals surface area (Å²) in [5.41, 5.74) is 25.3. The average molecular weight is 419 g/mol. The Morgan fingerprint density at radius 3 is 1.43 bits per heavy atom. The van der Waals surface area contributed by atoms with E-state index in [1.54, 1.807) is 12.1 Å². The number of hydrogen-bond acceptors (Lipinski definition) is 6. The number of amides is 2. The molecule has 0 heterocycles. The highest BCUT2D eigenvalue weighted by molar-refractivity contribution is 8.76. The van der Waals surface area contributed by atoms with E-state index in [4.69, 9.17) is 22.9 Å². The van der Waals surface area contributed by atoms with Crippen molar-refractivity contribution in [2.45, 2.75) is 35.5 Å². The van der Waals surface area contributed by atoms with Crippen molar-refractivity contribution in [1.29, 1.82) is 0 Å². The second-order valence-corrected chi connectivity index (χ2v) is 8.55. The van der Waals surface area contributed by atoms with Crippen LogP contribution in [0.5, 0.6) is 0 Å². The van der Waals surface area contributed by atoms with Crippen LogP contribution in [0.15, 0.2) is 46.2 Å². The molecule has 6 nitrogen and oxygen atoms in total. The van der Waals surface area contributed by atoms with Gasteiger partial charge in [0.25, 0.3) is 0 Å². The Balaban J connectivity index is 2.28. The first-order valence-corrected chi connectivity index (χ1v) is 11.2. The number of aryl methyl sites for hydroxylation is 2. The van der Waals surface area contributed by atoms with Gasteiger partial charge in [-0.1, -0.05) is 33.7 Å². The quantitative estimate of drug-likeness (QED) is 0.414. The van der Waals surface area contributed by atoms with E-state index in [0.29, 0.717) is 24.2 Å². The summed E-state index contributed by atoms with van der Waals surface area (Å²) >= 11 is 0. The van der Waals surface area contributed by atoms with Crippen LogP contribution in [0.3, 0.4) is 0 Å². The maximum absolute atomic E-state index is 11.8. The standard InChI is InChI=1S/C20H26N4O2S2/c21-9-1-3-13-5-7-15(19(23)25)17(11-13)27-28-18-12-14(4-2-10-22)6-8-16(18)20(24)26/h5-8,11-12H,1-4,9-10,21-22H2,(H2,23,25)(H2,24,26). The van der Waals surface area contributed by atoms with E-state index < -0.39 is 11.8 Å². The zero-order chi connectivity index (χ0) is 20.5. The molecule has 2 rings (SSSR count). The summed E-state index contributed by atoms with van der Waals surface area (Å²) in [5.74, 6) is -0.972. The van der Waals surface area contributed by atoms with Crippen molar-refractivity contribution >= 4 is 33.4 Å². The second kappa shape index (κ2) is 11.1. The number of carbonyl (C=O) groups excluding carboxylic acids is 2. The molecule has 8 N–H and O–H groups in total. The van der Waals surface area contributed by atoms with Crippen molar-refractivity contribution in [3.63, 3.8) is 0 Å². The Kier molecular flexibility index (Phi) is 8.85. The molecule has 0 aliphatic carbocycles. The van der Waals surface area contributed by atoms with Gasteiger partial charge in [0, 0.05) is 9.79 Å². The zero-order valence-electron chi connectivity index (χ0n) is 15.6. The molecule has 150 valence electrons. The summed E-state index contributed by atoms with van der Waals surface area (Å²) in [6.45, 7) is 1.21. The van der Waals surface area contributed by atoms with Crippen LogP contribution in [0.4, 0.5) is 0 Å². The Morgan fingerprint density at radius 2 is 1.11 bits per heavy atom. The number of rotatable bonds is 11. The van der Waals surface area contributed by atoms with Gasteiger partial charge in [0.15, 0.2) is 0 Å². The molecule has 28 heavy (non-hydrogen) atoms. The minimum absolute atomic E-state index is 0.453. The smallest absolute Gasteiger partial charge is 0.249 e. The lowest BCUT2D eigenvalue weighted by molar-refractivity contribution is 0.0989. The first-order chi connectivity index (χ1) is 13.5. The third kappa shape index (κ3) is 6.27. The Hall–Kier alpha value is -2.00. The van der Waals surface area contributed by atoms with Crippen LogP contribution >= 0.6 is 21.6 Å². The molecule has 0 saturated heterocycles. The minimum Gasteiger partial charge on any atom is -0.366 e. The van der Waals surface area contributed by atoms with Gasteiger partial charge >= 0.3 is 0 Å². The summed E-state index contributed by atoms with van der Waals surface area (Å²) in [4.78, 5) is 25.1. The maximum Gasteiger partial charge on any atom is 0.249 e. The molecular formula is C20H26N4O2S2. The first-order valence-electron chi connectivity index (χ1n) is 9.06. The van der Waals surface area contributed by atoms with E-state index >= 15 is 0 Å². The second-order valence-electron chi connectivity index (χ2n) is 6.34. The van der Waals surface area contributed by atoms with Crippen molar-refractivity contribution in [3.05, 3.63) is 58.7 Å². The molecular weight excluding hydrogens is 392 g/mol. The maximum atomic E-state index is 11.8.